The first kappa shape index (κ1) is 13.2. The van der Waals surface area contributed by atoms with Crippen molar-refractivity contribution in [1.82, 2.24) is 0 Å². The number of hydrogen-bond acceptors (Lipinski definition) is 3. The second-order valence-corrected chi connectivity index (χ2v) is 5.60. The average Bonchev–Trinajstić information content (AvgIpc) is 2.17. The number of rotatable bonds is 3. The molecule has 3 nitrogen and oxygen atoms in total. The van der Waals surface area contributed by atoms with Crippen LogP contribution in [-0.4, -0.2) is 17.9 Å². The number of carbonyl (C=O) groups excluding carboxylic acids is 2. The molecule has 0 amide bonds. The van der Waals surface area contributed by atoms with Crippen LogP contribution in [0.25, 0.3) is 0 Å². The molecule has 0 atom stereocenters. The van der Waals surface area contributed by atoms with Crippen LogP contribution in [0.5, 0.6) is 0 Å². The van der Waals surface area contributed by atoms with E-state index in [9.17, 15) is 9.59 Å². The van der Waals surface area contributed by atoms with Crippen LogP contribution >= 0.6 is 0 Å². The summed E-state index contributed by atoms with van der Waals surface area (Å²) in [4.78, 5) is 23.1. The Morgan fingerprint density at radius 3 is 2.19 bits per heavy atom. The molecule has 0 N–H and O–H groups in total. The average molecular weight is 226 g/mol. The van der Waals surface area contributed by atoms with E-state index in [4.69, 9.17) is 4.74 Å². The van der Waals surface area contributed by atoms with Gasteiger partial charge in [-0.3, -0.25) is 9.59 Å². The SMILES string of the molecule is CC(C)(C)C(=O)CC(=O)OC1CCCCC1. The summed E-state index contributed by atoms with van der Waals surface area (Å²) in [6.45, 7) is 5.47. The Hall–Kier alpha value is -0.860. The number of ether oxygens (including phenoxy) is 1. The number of esters is 1. The van der Waals surface area contributed by atoms with Crippen molar-refractivity contribution in [1.29, 1.82) is 0 Å². The van der Waals surface area contributed by atoms with Gasteiger partial charge in [0.25, 0.3) is 0 Å². The molecular formula is C13H22O3. The molecule has 0 heterocycles. The molecule has 1 rings (SSSR count). The maximum absolute atomic E-state index is 11.6. The Kier molecular flexibility index (Phi) is 4.51. The second-order valence-electron chi connectivity index (χ2n) is 5.60. The summed E-state index contributed by atoms with van der Waals surface area (Å²) >= 11 is 0. The number of hydrogen-bond donors (Lipinski definition) is 0. The Morgan fingerprint density at radius 1 is 1.12 bits per heavy atom. The first-order valence-corrected chi connectivity index (χ1v) is 6.12. The number of carbonyl (C=O) groups is 2. The van der Waals surface area contributed by atoms with Gasteiger partial charge in [-0.1, -0.05) is 27.2 Å². The molecule has 0 bridgehead atoms. The van der Waals surface area contributed by atoms with Crippen LogP contribution in [0.4, 0.5) is 0 Å². The normalized spacial score (nSPS) is 18.2. The highest BCUT2D eigenvalue weighted by molar-refractivity contribution is 5.98. The van der Waals surface area contributed by atoms with Gasteiger partial charge in [0, 0.05) is 5.41 Å². The summed E-state index contributed by atoms with van der Waals surface area (Å²) in [5, 5.41) is 0. The Bertz CT molecular complexity index is 257. The molecule has 1 fully saturated rings. The van der Waals surface area contributed by atoms with Crippen LogP contribution in [0.2, 0.25) is 0 Å². The fourth-order valence-electron chi connectivity index (χ4n) is 1.81. The summed E-state index contributed by atoms with van der Waals surface area (Å²) in [5.74, 6) is -0.403. The standard InChI is InChI=1S/C13H22O3/c1-13(2,3)11(14)9-12(15)16-10-7-5-4-6-8-10/h10H,4-9H2,1-3H3. The minimum Gasteiger partial charge on any atom is -0.462 e. The van der Waals surface area contributed by atoms with Gasteiger partial charge in [0.15, 0.2) is 0 Å². The largest absolute Gasteiger partial charge is 0.462 e. The van der Waals surface area contributed by atoms with E-state index in [-0.39, 0.29) is 24.3 Å². The van der Waals surface area contributed by atoms with Gasteiger partial charge in [0.2, 0.25) is 0 Å². The maximum atomic E-state index is 11.6. The van der Waals surface area contributed by atoms with Crippen LogP contribution in [0.1, 0.15) is 59.3 Å². The summed E-state index contributed by atoms with van der Waals surface area (Å²) in [7, 11) is 0. The lowest BCUT2D eigenvalue weighted by atomic mass is 9.89. The fourth-order valence-corrected chi connectivity index (χ4v) is 1.81. The van der Waals surface area contributed by atoms with Gasteiger partial charge in [-0.25, -0.2) is 0 Å². The smallest absolute Gasteiger partial charge is 0.313 e. The van der Waals surface area contributed by atoms with E-state index in [0.717, 1.165) is 25.7 Å². The van der Waals surface area contributed by atoms with Crippen molar-refractivity contribution >= 4 is 11.8 Å². The molecule has 0 aliphatic heterocycles. The molecule has 0 saturated heterocycles. The maximum Gasteiger partial charge on any atom is 0.313 e. The van der Waals surface area contributed by atoms with Crippen molar-refractivity contribution in [3.8, 4) is 0 Å². The topological polar surface area (TPSA) is 43.4 Å². The molecule has 0 aromatic heterocycles. The molecule has 1 aliphatic carbocycles. The summed E-state index contributed by atoms with van der Waals surface area (Å²) < 4.78 is 5.30. The van der Waals surface area contributed by atoms with Gasteiger partial charge in [-0.05, 0) is 25.7 Å². The quantitative estimate of drug-likeness (QED) is 0.549. The van der Waals surface area contributed by atoms with Crippen molar-refractivity contribution in [3.63, 3.8) is 0 Å². The molecule has 1 saturated carbocycles. The first-order chi connectivity index (χ1) is 7.39. The van der Waals surface area contributed by atoms with Gasteiger partial charge in [0.05, 0.1) is 0 Å². The van der Waals surface area contributed by atoms with Crippen molar-refractivity contribution in [2.45, 2.75) is 65.4 Å². The number of ketones is 1. The molecule has 16 heavy (non-hydrogen) atoms. The Balaban J connectivity index is 2.32. The molecule has 1 aliphatic rings. The lowest BCUT2D eigenvalue weighted by Gasteiger charge is -2.22. The minimum absolute atomic E-state index is 0.0479. The lowest BCUT2D eigenvalue weighted by molar-refractivity contribution is -0.153. The van der Waals surface area contributed by atoms with E-state index in [1.54, 1.807) is 0 Å². The molecule has 3 heteroatoms. The van der Waals surface area contributed by atoms with Gasteiger partial charge in [-0.2, -0.15) is 0 Å². The van der Waals surface area contributed by atoms with Crippen molar-refractivity contribution in [2.24, 2.45) is 5.41 Å². The molecule has 0 radical (unpaired) electrons. The zero-order chi connectivity index (χ0) is 12.2. The molecular weight excluding hydrogens is 204 g/mol. The van der Waals surface area contributed by atoms with Gasteiger partial charge >= 0.3 is 5.97 Å². The van der Waals surface area contributed by atoms with Crippen LogP contribution in [0.15, 0.2) is 0 Å². The summed E-state index contributed by atoms with van der Waals surface area (Å²) in [5.41, 5.74) is -0.453. The van der Waals surface area contributed by atoms with E-state index in [2.05, 4.69) is 0 Å². The molecule has 0 aromatic carbocycles. The first-order valence-electron chi connectivity index (χ1n) is 6.12. The van der Waals surface area contributed by atoms with Gasteiger partial charge < -0.3 is 4.74 Å². The second kappa shape index (κ2) is 5.46. The molecule has 0 spiro atoms. The van der Waals surface area contributed by atoms with Crippen LogP contribution in [0.3, 0.4) is 0 Å². The third-order valence-electron chi connectivity index (χ3n) is 2.99. The predicted octanol–water partition coefficient (Wildman–Crippen LogP) is 2.87. The van der Waals surface area contributed by atoms with Crippen LogP contribution in [0, 0.1) is 5.41 Å². The fraction of sp³-hybridized carbons (Fsp3) is 0.846. The monoisotopic (exact) mass is 226 g/mol. The molecule has 92 valence electrons. The zero-order valence-electron chi connectivity index (χ0n) is 10.5. The predicted molar refractivity (Wildman–Crippen MR) is 62.0 cm³/mol. The highest BCUT2D eigenvalue weighted by Gasteiger charge is 2.26. The Morgan fingerprint density at radius 2 is 1.69 bits per heavy atom. The van der Waals surface area contributed by atoms with Crippen molar-refractivity contribution in [3.05, 3.63) is 0 Å². The lowest BCUT2D eigenvalue weighted by Crippen LogP contribution is -2.27. The highest BCUT2D eigenvalue weighted by Crippen LogP contribution is 2.22. The van der Waals surface area contributed by atoms with Crippen molar-refractivity contribution in [2.75, 3.05) is 0 Å². The van der Waals surface area contributed by atoms with E-state index in [0.29, 0.717) is 0 Å². The minimum atomic E-state index is -0.453. The Labute approximate surface area is 97.5 Å². The molecule has 0 aromatic rings. The highest BCUT2D eigenvalue weighted by atomic mass is 16.5. The van der Waals surface area contributed by atoms with E-state index < -0.39 is 5.41 Å². The van der Waals surface area contributed by atoms with Gasteiger partial charge in [-0.15, -0.1) is 0 Å². The van der Waals surface area contributed by atoms with Crippen molar-refractivity contribution < 1.29 is 14.3 Å². The van der Waals surface area contributed by atoms with E-state index in [1.807, 2.05) is 20.8 Å². The summed E-state index contributed by atoms with van der Waals surface area (Å²) in [6.07, 6.45) is 5.37. The van der Waals surface area contributed by atoms with Crippen LogP contribution < -0.4 is 0 Å². The van der Waals surface area contributed by atoms with Crippen LogP contribution in [-0.2, 0) is 14.3 Å². The van der Waals surface area contributed by atoms with Gasteiger partial charge in [0.1, 0.15) is 18.3 Å². The molecule has 0 unspecified atom stereocenters. The number of Topliss-reactive ketones (excluding diaryl/α,β-unsaturated/α-hetero) is 1. The zero-order valence-corrected chi connectivity index (χ0v) is 10.5. The van der Waals surface area contributed by atoms with E-state index in [1.165, 1.54) is 6.42 Å². The third kappa shape index (κ3) is 4.33. The van der Waals surface area contributed by atoms with E-state index >= 15 is 0 Å². The third-order valence-corrected chi connectivity index (χ3v) is 2.99. The summed E-state index contributed by atoms with van der Waals surface area (Å²) in [6, 6.07) is 0.